The molecule has 1 saturated carbocycles. The summed E-state index contributed by atoms with van der Waals surface area (Å²) in [6.45, 7) is 5.38. The normalized spacial score (nSPS) is 19.6. The SMILES string of the molecule is CC(C)(C1CCN(C(N)=O)CC1)[C@H](O)c1cc(Cl)cc2cn[nH]c12.OC1CCCC1. The number of hydrogen-bond acceptors (Lipinski definition) is 4. The Balaban J connectivity index is 0.000000367. The summed E-state index contributed by atoms with van der Waals surface area (Å²) in [7, 11) is 0. The van der Waals surface area contributed by atoms with Crippen LogP contribution in [-0.2, 0) is 0 Å². The Labute approximate surface area is 182 Å². The zero-order valence-electron chi connectivity index (χ0n) is 17.8. The van der Waals surface area contributed by atoms with Gasteiger partial charge in [0, 0.05) is 29.1 Å². The number of aliphatic hydroxyl groups excluding tert-OH is 2. The van der Waals surface area contributed by atoms with Gasteiger partial charge >= 0.3 is 6.03 Å². The summed E-state index contributed by atoms with van der Waals surface area (Å²) in [6.07, 6.45) is 7.26. The smallest absolute Gasteiger partial charge is 0.314 e. The molecule has 7 nitrogen and oxygen atoms in total. The van der Waals surface area contributed by atoms with Crippen molar-refractivity contribution in [1.82, 2.24) is 15.1 Å². The number of aliphatic hydroxyl groups is 2. The maximum atomic E-state index is 11.3. The molecule has 1 aromatic heterocycles. The van der Waals surface area contributed by atoms with Gasteiger partial charge in [-0.25, -0.2) is 4.79 Å². The number of primary amides is 1. The van der Waals surface area contributed by atoms with Gasteiger partial charge in [-0.15, -0.1) is 0 Å². The first-order valence-electron chi connectivity index (χ1n) is 10.7. The van der Waals surface area contributed by atoms with Crippen LogP contribution in [0.3, 0.4) is 0 Å². The fourth-order valence-corrected chi connectivity index (χ4v) is 4.87. The van der Waals surface area contributed by atoms with Crippen LogP contribution in [0.1, 0.15) is 64.0 Å². The molecule has 2 aromatic rings. The second kappa shape index (κ2) is 9.54. The molecule has 1 aliphatic carbocycles. The highest BCUT2D eigenvalue weighted by atomic mass is 35.5. The van der Waals surface area contributed by atoms with Crippen molar-refractivity contribution < 1.29 is 15.0 Å². The molecule has 0 bridgehead atoms. The molecule has 1 atom stereocenters. The van der Waals surface area contributed by atoms with E-state index >= 15 is 0 Å². The lowest BCUT2D eigenvalue weighted by Gasteiger charge is -2.43. The van der Waals surface area contributed by atoms with Gasteiger partial charge in [-0.2, -0.15) is 5.10 Å². The number of hydrogen-bond donors (Lipinski definition) is 4. The standard InChI is InChI=1S/C17H23ClN4O2.C5H10O/c1-17(2,11-3-5-22(6-4-11)16(19)24)15(23)13-8-12(18)7-10-9-20-21-14(10)13;6-5-3-1-2-4-5/h7-9,11,15,23H,3-6H2,1-2H3,(H2,19,24)(H,20,21);5-6H,1-4H2/t15-;/m1./s1. The Bertz CT molecular complexity index is 855. The largest absolute Gasteiger partial charge is 0.393 e. The number of carbonyl (C=O) groups excluding carboxylic acids is 1. The minimum atomic E-state index is -0.690. The van der Waals surface area contributed by atoms with Gasteiger partial charge in [-0.05, 0) is 49.1 Å². The molecular weight excluding hydrogens is 404 g/mol. The summed E-state index contributed by atoms with van der Waals surface area (Å²) >= 11 is 6.20. The summed E-state index contributed by atoms with van der Waals surface area (Å²) < 4.78 is 0. The van der Waals surface area contributed by atoms with Gasteiger partial charge in [-0.1, -0.05) is 38.3 Å². The minimum absolute atomic E-state index is 0.0463. The average molecular weight is 437 g/mol. The van der Waals surface area contributed by atoms with Crippen molar-refractivity contribution in [3.63, 3.8) is 0 Å². The third-order valence-electron chi connectivity index (χ3n) is 6.73. The number of fused-ring (bicyclic) bond motifs is 1. The molecular formula is C22H33ClN4O3. The first kappa shape index (κ1) is 22.8. The number of nitrogens with two attached hydrogens (primary N) is 1. The third kappa shape index (κ3) is 5.07. The van der Waals surface area contributed by atoms with Crippen LogP contribution in [0.2, 0.25) is 5.02 Å². The number of nitrogens with one attached hydrogen (secondary N) is 1. The molecule has 8 heteroatoms. The maximum absolute atomic E-state index is 11.3. The molecule has 1 aliphatic heterocycles. The van der Waals surface area contributed by atoms with Crippen molar-refractivity contribution in [1.29, 1.82) is 0 Å². The van der Waals surface area contributed by atoms with Gasteiger partial charge in [0.1, 0.15) is 0 Å². The molecule has 0 radical (unpaired) electrons. The van der Waals surface area contributed by atoms with Crippen molar-refractivity contribution >= 4 is 28.5 Å². The van der Waals surface area contributed by atoms with Gasteiger partial charge in [-0.3, -0.25) is 5.10 Å². The van der Waals surface area contributed by atoms with E-state index in [1.165, 1.54) is 12.8 Å². The van der Waals surface area contributed by atoms with Crippen LogP contribution in [-0.4, -0.2) is 50.5 Å². The van der Waals surface area contributed by atoms with Crippen molar-refractivity contribution in [2.45, 2.75) is 64.6 Å². The molecule has 2 fully saturated rings. The van der Waals surface area contributed by atoms with Crippen molar-refractivity contribution in [3.8, 4) is 0 Å². The quantitative estimate of drug-likeness (QED) is 0.582. The van der Waals surface area contributed by atoms with E-state index in [4.69, 9.17) is 22.4 Å². The number of H-pyrrole nitrogens is 1. The molecule has 2 amide bonds. The lowest BCUT2D eigenvalue weighted by atomic mass is 9.68. The molecule has 0 spiro atoms. The number of aromatic amines is 1. The van der Waals surface area contributed by atoms with E-state index in [1.807, 2.05) is 6.07 Å². The predicted molar refractivity (Wildman–Crippen MR) is 118 cm³/mol. The Kier molecular flexibility index (Phi) is 7.26. The average Bonchev–Trinajstić information content (AvgIpc) is 3.38. The Morgan fingerprint density at radius 1 is 1.27 bits per heavy atom. The number of halogens is 1. The second-order valence-electron chi connectivity index (χ2n) is 9.09. The van der Waals surface area contributed by atoms with Crippen molar-refractivity contribution in [2.24, 2.45) is 17.1 Å². The molecule has 5 N–H and O–H groups in total. The summed E-state index contributed by atoms with van der Waals surface area (Å²) in [4.78, 5) is 13.0. The van der Waals surface area contributed by atoms with Crippen molar-refractivity contribution in [3.05, 3.63) is 28.9 Å². The van der Waals surface area contributed by atoms with E-state index in [1.54, 1.807) is 17.2 Å². The topological polar surface area (TPSA) is 115 Å². The van der Waals surface area contributed by atoms with E-state index in [2.05, 4.69) is 24.0 Å². The van der Waals surface area contributed by atoms with Gasteiger partial charge < -0.3 is 20.8 Å². The number of aromatic nitrogens is 2. The number of benzene rings is 1. The van der Waals surface area contributed by atoms with Gasteiger partial charge in [0.25, 0.3) is 0 Å². The number of nitrogens with zero attached hydrogens (tertiary/aromatic N) is 2. The first-order valence-corrected chi connectivity index (χ1v) is 11.1. The molecule has 1 saturated heterocycles. The monoisotopic (exact) mass is 436 g/mol. The lowest BCUT2D eigenvalue weighted by Crippen LogP contribution is -2.45. The van der Waals surface area contributed by atoms with Gasteiger partial charge in [0.2, 0.25) is 0 Å². The van der Waals surface area contributed by atoms with Crippen LogP contribution in [0.25, 0.3) is 10.9 Å². The minimum Gasteiger partial charge on any atom is -0.393 e. The van der Waals surface area contributed by atoms with E-state index < -0.39 is 6.10 Å². The molecule has 0 unspecified atom stereocenters. The zero-order chi connectivity index (χ0) is 21.9. The van der Waals surface area contributed by atoms with Crippen LogP contribution in [0.5, 0.6) is 0 Å². The summed E-state index contributed by atoms with van der Waals surface area (Å²) in [5, 5.41) is 28.3. The number of carbonyl (C=O) groups is 1. The first-order chi connectivity index (χ1) is 14.2. The number of rotatable bonds is 3. The number of amides is 2. The fraction of sp³-hybridized carbons (Fsp3) is 0.636. The number of urea groups is 1. The fourth-order valence-electron chi connectivity index (χ4n) is 4.63. The molecule has 30 heavy (non-hydrogen) atoms. The Morgan fingerprint density at radius 3 is 2.43 bits per heavy atom. The summed E-state index contributed by atoms with van der Waals surface area (Å²) in [5.74, 6) is 0.278. The highest BCUT2D eigenvalue weighted by Gasteiger charge is 2.40. The molecule has 166 valence electrons. The molecule has 4 rings (SSSR count). The van der Waals surface area contributed by atoms with Crippen LogP contribution < -0.4 is 5.73 Å². The lowest BCUT2D eigenvalue weighted by molar-refractivity contribution is -0.0140. The van der Waals surface area contributed by atoms with Gasteiger partial charge in [0.05, 0.1) is 23.9 Å². The van der Waals surface area contributed by atoms with Crippen LogP contribution >= 0.6 is 11.6 Å². The van der Waals surface area contributed by atoms with E-state index in [0.717, 1.165) is 42.1 Å². The van der Waals surface area contributed by atoms with Crippen LogP contribution in [0.4, 0.5) is 4.79 Å². The second-order valence-corrected chi connectivity index (χ2v) is 9.53. The molecule has 2 aliphatic rings. The van der Waals surface area contributed by atoms with E-state index in [9.17, 15) is 9.90 Å². The van der Waals surface area contributed by atoms with Crippen LogP contribution in [0.15, 0.2) is 18.3 Å². The van der Waals surface area contributed by atoms with Gasteiger partial charge in [0.15, 0.2) is 0 Å². The Morgan fingerprint density at radius 2 is 1.90 bits per heavy atom. The number of piperidine rings is 1. The third-order valence-corrected chi connectivity index (χ3v) is 6.95. The van der Waals surface area contributed by atoms with Crippen LogP contribution in [0, 0.1) is 11.3 Å². The molecule has 2 heterocycles. The molecule has 1 aromatic carbocycles. The predicted octanol–water partition coefficient (Wildman–Crippen LogP) is 3.99. The highest BCUT2D eigenvalue weighted by molar-refractivity contribution is 6.31. The van der Waals surface area contributed by atoms with E-state index in [0.29, 0.717) is 18.1 Å². The Hall–Kier alpha value is -1.83. The highest BCUT2D eigenvalue weighted by Crippen LogP contribution is 2.46. The zero-order valence-corrected chi connectivity index (χ0v) is 18.5. The maximum Gasteiger partial charge on any atom is 0.314 e. The van der Waals surface area contributed by atoms with E-state index in [-0.39, 0.29) is 23.5 Å². The summed E-state index contributed by atoms with van der Waals surface area (Å²) in [5.41, 5.74) is 6.56. The number of likely N-dealkylation sites (tertiary alicyclic amines) is 1. The van der Waals surface area contributed by atoms with Crippen molar-refractivity contribution in [2.75, 3.05) is 13.1 Å². The summed E-state index contributed by atoms with van der Waals surface area (Å²) in [6, 6.07) is 3.25.